The normalized spacial score (nSPS) is 11.1. The minimum absolute atomic E-state index is 0.0918. The molecule has 1 amide bonds. The lowest BCUT2D eigenvalue weighted by Crippen LogP contribution is -2.23. The zero-order valence-electron chi connectivity index (χ0n) is 15.2. The number of fused-ring (bicyclic) bond motifs is 1. The zero-order valence-corrected chi connectivity index (χ0v) is 15.2. The first-order valence-corrected chi connectivity index (χ1v) is 8.32. The van der Waals surface area contributed by atoms with Crippen LogP contribution in [0.3, 0.4) is 0 Å². The minimum atomic E-state index is -0.217. The van der Waals surface area contributed by atoms with Crippen molar-refractivity contribution in [1.82, 2.24) is 19.2 Å². The van der Waals surface area contributed by atoms with E-state index in [1.807, 2.05) is 32.9 Å². The van der Waals surface area contributed by atoms with Crippen LogP contribution in [0.5, 0.6) is 5.75 Å². The van der Waals surface area contributed by atoms with Crippen molar-refractivity contribution in [2.24, 2.45) is 0 Å². The lowest BCUT2D eigenvalue weighted by molar-refractivity contribution is -0.114. The zero-order chi connectivity index (χ0) is 18.8. The Bertz CT molecular complexity index is 1020. The number of benzene rings is 1. The molecule has 3 aromatic rings. The van der Waals surface area contributed by atoms with E-state index >= 15 is 0 Å². The molecule has 1 aromatic carbocycles. The van der Waals surface area contributed by atoms with E-state index in [0.29, 0.717) is 22.9 Å². The van der Waals surface area contributed by atoms with E-state index in [1.165, 1.54) is 17.5 Å². The molecule has 136 valence electrons. The molecule has 0 fully saturated rings. The summed E-state index contributed by atoms with van der Waals surface area (Å²) in [5, 5.41) is 2.73. The molecule has 2 heterocycles. The van der Waals surface area contributed by atoms with Gasteiger partial charge in [0.1, 0.15) is 18.7 Å². The first kappa shape index (κ1) is 17.7. The predicted molar refractivity (Wildman–Crippen MR) is 97.4 cm³/mol. The van der Waals surface area contributed by atoms with Gasteiger partial charge in [0, 0.05) is 19.0 Å². The maximum absolute atomic E-state index is 12.4. The number of carbonyl (C=O) groups excluding carboxylic acids is 1. The van der Waals surface area contributed by atoms with Gasteiger partial charge >= 0.3 is 0 Å². The Hall–Kier alpha value is -3.16. The lowest BCUT2D eigenvalue weighted by Gasteiger charge is -2.13. The predicted octanol–water partition coefficient (Wildman–Crippen LogP) is 2.32. The van der Waals surface area contributed by atoms with Crippen LogP contribution in [-0.4, -0.2) is 25.1 Å². The van der Waals surface area contributed by atoms with Crippen molar-refractivity contribution in [3.8, 4) is 5.75 Å². The van der Waals surface area contributed by atoms with Gasteiger partial charge in [-0.3, -0.25) is 14.3 Å². The van der Waals surface area contributed by atoms with E-state index in [2.05, 4.69) is 15.3 Å². The minimum Gasteiger partial charge on any atom is -0.485 e. The number of nitrogens with zero attached hydrogens (tertiary/aromatic N) is 4. The molecule has 8 heteroatoms. The van der Waals surface area contributed by atoms with Gasteiger partial charge in [0.15, 0.2) is 0 Å². The lowest BCUT2D eigenvalue weighted by atomic mass is 10.2. The first-order chi connectivity index (χ1) is 12.3. The summed E-state index contributed by atoms with van der Waals surface area (Å²) in [7, 11) is 0. The average molecular weight is 355 g/mol. The molecule has 0 spiro atoms. The molecule has 0 aliphatic heterocycles. The summed E-state index contributed by atoms with van der Waals surface area (Å²) in [6.45, 7) is 7.39. The number of amides is 1. The Kier molecular flexibility index (Phi) is 4.75. The van der Waals surface area contributed by atoms with E-state index in [1.54, 1.807) is 17.1 Å². The molecule has 0 aliphatic carbocycles. The first-order valence-electron chi connectivity index (χ1n) is 8.32. The SMILES string of the molecule is CC(=O)Nc1ccc(C)cc1OCc1cc(=O)n2c(ncn2C(C)C)n1. The Labute approximate surface area is 150 Å². The van der Waals surface area contributed by atoms with E-state index < -0.39 is 0 Å². The second kappa shape index (κ2) is 6.99. The molecule has 0 bridgehead atoms. The van der Waals surface area contributed by atoms with E-state index in [-0.39, 0.29) is 24.1 Å². The number of carbonyl (C=O) groups is 1. The molecular weight excluding hydrogens is 334 g/mol. The highest BCUT2D eigenvalue weighted by atomic mass is 16.5. The molecule has 0 saturated carbocycles. The largest absolute Gasteiger partial charge is 0.485 e. The molecule has 0 radical (unpaired) electrons. The van der Waals surface area contributed by atoms with Crippen LogP contribution in [0.2, 0.25) is 0 Å². The molecule has 2 aromatic heterocycles. The van der Waals surface area contributed by atoms with Crippen LogP contribution < -0.4 is 15.6 Å². The van der Waals surface area contributed by atoms with Crippen LogP contribution in [0.4, 0.5) is 5.69 Å². The van der Waals surface area contributed by atoms with Crippen molar-refractivity contribution >= 4 is 17.4 Å². The molecule has 0 unspecified atom stereocenters. The topological polar surface area (TPSA) is 90.5 Å². The van der Waals surface area contributed by atoms with Crippen LogP contribution in [0.25, 0.3) is 5.78 Å². The Morgan fingerprint density at radius 2 is 2.08 bits per heavy atom. The Morgan fingerprint density at radius 3 is 2.77 bits per heavy atom. The third-order valence-corrected chi connectivity index (χ3v) is 3.81. The summed E-state index contributed by atoms with van der Waals surface area (Å²) in [6.07, 6.45) is 1.59. The number of rotatable bonds is 5. The molecule has 8 nitrogen and oxygen atoms in total. The molecule has 0 aliphatic rings. The fraction of sp³-hybridized carbons (Fsp3) is 0.333. The highest BCUT2D eigenvalue weighted by Crippen LogP contribution is 2.26. The highest BCUT2D eigenvalue weighted by Gasteiger charge is 2.12. The van der Waals surface area contributed by atoms with Crippen molar-refractivity contribution in [1.29, 1.82) is 0 Å². The fourth-order valence-corrected chi connectivity index (χ4v) is 2.61. The molecule has 3 rings (SSSR count). The van der Waals surface area contributed by atoms with E-state index in [0.717, 1.165) is 5.56 Å². The van der Waals surface area contributed by atoms with Gasteiger partial charge in [-0.15, -0.1) is 0 Å². The van der Waals surface area contributed by atoms with Crippen molar-refractivity contribution in [3.05, 3.63) is 52.2 Å². The number of aromatic nitrogens is 4. The van der Waals surface area contributed by atoms with Crippen LogP contribution in [0.15, 0.2) is 35.4 Å². The molecular formula is C18H21N5O3. The number of hydrogen-bond donors (Lipinski definition) is 1. The third kappa shape index (κ3) is 3.58. The summed E-state index contributed by atoms with van der Waals surface area (Å²) in [6, 6.07) is 7.01. The second-order valence-electron chi connectivity index (χ2n) is 6.39. The average Bonchev–Trinajstić information content (AvgIpc) is 2.99. The van der Waals surface area contributed by atoms with Gasteiger partial charge in [-0.25, -0.2) is 4.98 Å². The third-order valence-electron chi connectivity index (χ3n) is 3.81. The van der Waals surface area contributed by atoms with Gasteiger partial charge in [-0.05, 0) is 38.5 Å². The maximum atomic E-state index is 12.4. The number of anilines is 1. The summed E-state index contributed by atoms with van der Waals surface area (Å²) < 4.78 is 8.96. The van der Waals surface area contributed by atoms with Crippen LogP contribution in [-0.2, 0) is 11.4 Å². The summed E-state index contributed by atoms with van der Waals surface area (Å²) in [5.74, 6) is 0.668. The van der Waals surface area contributed by atoms with Gasteiger partial charge in [0.2, 0.25) is 5.91 Å². The van der Waals surface area contributed by atoms with Crippen molar-refractivity contribution in [2.45, 2.75) is 40.3 Å². The van der Waals surface area contributed by atoms with E-state index in [4.69, 9.17) is 4.74 Å². The molecule has 26 heavy (non-hydrogen) atoms. The standard InChI is InChI=1S/C18H21N5O3/c1-11(2)22-10-19-18-21-14(8-17(25)23(18)22)9-26-16-7-12(3)5-6-15(16)20-13(4)24/h5-8,10-11H,9H2,1-4H3,(H,20,24). The smallest absolute Gasteiger partial charge is 0.274 e. The fourth-order valence-electron chi connectivity index (χ4n) is 2.61. The number of ether oxygens (including phenoxy) is 1. The molecule has 0 atom stereocenters. The van der Waals surface area contributed by atoms with Gasteiger partial charge in [-0.2, -0.15) is 9.50 Å². The molecule has 0 saturated heterocycles. The van der Waals surface area contributed by atoms with Gasteiger partial charge in [0.25, 0.3) is 11.3 Å². The number of hydrogen-bond acceptors (Lipinski definition) is 5. The maximum Gasteiger partial charge on any atom is 0.274 e. The van der Waals surface area contributed by atoms with Gasteiger partial charge < -0.3 is 10.1 Å². The van der Waals surface area contributed by atoms with Crippen LogP contribution in [0, 0.1) is 6.92 Å². The summed E-state index contributed by atoms with van der Waals surface area (Å²) in [5.41, 5.74) is 1.82. The highest BCUT2D eigenvalue weighted by molar-refractivity contribution is 5.90. The van der Waals surface area contributed by atoms with Crippen molar-refractivity contribution in [3.63, 3.8) is 0 Å². The summed E-state index contributed by atoms with van der Waals surface area (Å²) >= 11 is 0. The molecule has 1 N–H and O–H groups in total. The van der Waals surface area contributed by atoms with Gasteiger partial charge in [-0.1, -0.05) is 6.07 Å². The van der Waals surface area contributed by atoms with E-state index in [9.17, 15) is 9.59 Å². The Morgan fingerprint density at radius 1 is 1.31 bits per heavy atom. The quantitative estimate of drug-likeness (QED) is 0.758. The van der Waals surface area contributed by atoms with Crippen LogP contribution >= 0.6 is 0 Å². The monoisotopic (exact) mass is 355 g/mol. The van der Waals surface area contributed by atoms with Crippen molar-refractivity contribution in [2.75, 3.05) is 5.32 Å². The number of nitrogens with one attached hydrogen (secondary N) is 1. The van der Waals surface area contributed by atoms with Crippen molar-refractivity contribution < 1.29 is 9.53 Å². The Balaban J connectivity index is 1.88. The second-order valence-corrected chi connectivity index (χ2v) is 6.39. The van der Waals surface area contributed by atoms with Crippen LogP contribution in [0.1, 0.15) is 38.1 Å². The van der Waals surface area contributed by atoms with Gasteiger partial charge in [0.05, 0.1) is 11.4 Å². The number of aryl methyl sites for hydroxylation is 1. The summed E-state index contributed by atoms with van der Waals surface area (Å²) in [4.78, 5) is 32.3.